The number of Topliss-reactive ketones (excluding diaryl/α,β-unsaturated/α-hetero) is 1. The fraction of sp³-hybridized carbons (Fsp3) is 0.667. The molecule has 1 aromatic heterocycles. The highest BCUT2D eigenvalue weighted by Gasteiger charge is 2.46. The monoisotopic (exact) mass is 339 g/mol. The average molecular weight is 339 g/mol. The van der Waals surface area contributed by atoms with E-state index < -0.39 is 16.8 Å². The SMILES string of the molecule is CC(=O)OC1CN(C)C[N+]1([O-])c1nc2c(s1)C(=O)CC(C)(C)C2. The van der Waals surface area contributed by atoms with E-state index in [1.807, 2.05) is 18.7 Å². The second-order valence-corrected chi connectivity index (χ2v) is 8.23. The summed E-state index contributed by atoms with van der Waals surface area (Å²) in [6, 6.07) is 0. The number of nitrogens with zero attached hydrogens (tertiary/aromatic N) is 3. The van der Waals surface area contributed by atoms with E-state index in [4.69, 9.17) is 4.74 Å². The van der Waals surface area contributed by atoms with Gasteiger partial charge in [-0.2, -0.15) is 4.98 Å². The lowest BCUT2D eigenvalue weighted by atomic mass is 9.78. The number of thiazole rings is 1. The van der Waals surface area contributed by atoms with E-state index >= 15 is 0 Å². The van der Waals surface area contributed by atoms with Gasteiger partial charge in [-0.05, 0) is 18.9 Å². The Hall–Kier alpha value is -1.35. The summed E-state index contributed by atoms with van der Waals surface area (Å²) in [5.74, 6) is -0.439. The summed E-state index contributed by atoms with van der Waals surface area (Å²) < 4.78 is 4.38. The number of esters is 1. The van der Waals surface area contributed by atoms with Crippen molar-refractivity contribution >= 4 is 28.2 Å². The van der Waals surface area contributed by atoms with E-state index in [0.29, 0.717) is 35.1 Å². The van der Waals surface area contributed by atoms with Crippen molar-refractivity contribution in [1.29, 1.82) is 0 Å². The highest BCUT2D eigenvalue weighted by atomic mass is 32.1. The number of likely N-dealkylation sites (N-methyl/N-ethyl adjacent to an activating group) is 1. The van der Waals surface area contributed by atoms with Crippen molar-refractivity contribution in [3.05, 3.63) is 15.8 Å². The van der Waals surface area contributed by atoms with E-state index in [1.165, 1.54) is 6.92 Å². The molecule has 2 heterocycles. The molecule has 2 atom stereocenters. The molecule has 8 heteroatoms. The maximum absolute atomic E-state index is 13.3. The van der Waals surface area contributed by atoms with Gasteiger partial charge in [-0.3, -0.25) is 14.2 Å². The Bertz CT molecular complexity index is 672. The van der Waals surface area contributed by atoms with E-state index in [-0.39, 0.29) is 17.9 Å². The number of hydroxylamine groups is 2. The number of rotatable bonds is 2. The standard InChI is InChI=1S/C15H21N3O4S/c1-9(19)22-12-7-17(4)8-18(12,21)14-16-10-5-15(2,3)6-11(20)13(10)23-14/h12H,5-8H2,1-4H3. The molecule has 0 aromatic carbocycles. The van der Waals surface area contributed by atoms with Crippen molar-refractivity contribution < 1.29 is 14.3 Å². The van der Waals surface area contributed by atoms with E-state index in [2.05, 4.69) is 4.98 Å². The van der Waals surface area contributed by atoms with Crippen LogP contribution < -0.4 is 4.65 Å². The number of quaternary nitrogens is 1. The van der Waals surface area contributed by atoms with Crippen molar-refractivity contribution in [1.82, 2.24) is 14.5 Å². The molecule has 0 bridgehead atoms. The lowest BCUT2D eigenvalue weighted by Gasteiger charge is -2.38. The third-order valence-electron chi connectivity index (χ3n) is 4.23. The lowest BCUT2D eigenvalue weighted by molar-refractivity contribution is -0.150. The van der Waals surface area contributed by atoms with Crippen LogP contribution in [0.15, 0.2) is 0 Å². The van der Waals surface area contributed by atoms with E-state index in [1.54, 1.807) is 7.05 Å². The van der Waals surface area contributed by atoms with Crippen LogP contribution in [0.5, 0.6) is 0 Å². The van der Waals surface area contributed by atoms with Gasteiger partial charge in [0.2, 0.25) is 0 Å². The Balaban J connectivity index is 1.98. The highest BCUT2D eigenvalue weighted by Crippen LogP contribution is 2.42. The van der Waals surface area contributed by atoms with Crippen LogP contribution in [-0.4, -0.2) is 48.1 Å². The van der Waals surface area contributed by atoms with Gasteiger partial charge in [0, 0.05) is 13.3 Å². The van der Waals surface area contributed by atoms with Crippen LogP contribution in [0.2, 0.25) is 0 Å². The molecule has 0 spiro atoms. The first-order valence-electron chi connectivity index (χ1n) is 7.59. The molecule has 2 aliphatic rings. The molecule has 0 saturated carbocycles. The zero-order chi connectivity index (χ0) is 17.0. The molecular formula is C15H21N3O4S. The van der Waals surface area contributed by atoms with Gasteiger partial charge >= 0.3 is 5.97 Å². The van der Waals surface area contributed by atoms with Crippen LogP contribution in [0.4, 0.5) is 5.13 Å². The Morgan fingerprint density at radius 1 is 1.48 bits per heavy atom. The molecule has 0 amide bonds. The van der Waals surface area contributed by atoms with Crippen LogP contribution in [0.25, 0.3) is 0 Å². The molecule has 0 radical (unpaired) electrons. The number of carbonyl (C=O) groups is 2. The van der Waals surface area contributed by atoms with E-state index in [9.17, 15) is 14.8 Å². The van der Waals surface area contributed by atoms with Crippen molar-refractivity contribution in [2.24, 2.45) is 5.41 Å². The molecular weight excluding hydrogens is 318 g/mol. The molecule has 7 nitrogen and oxygen atoms in total. The maximum atomic E-state index is 13.3. The number of ether oxygens (including phenoxy) is 1. The summed E-state index contributed by atoms with van der Waals surface area (Å²) in [6.45, 7) is 5.86. The van der Waals surface area contributed by atoms with Crippen LogP contribution >= 0.6 is 11.3 Å². The van der Waals surface area contributed by atoms with Crippen molar-refractivity contribution in [3.63, 3.8) is 0 Å². The van der Waals surface area contributed by atoms with Gasteiger partial charge in [-0.15, -0.1) is 0 Å². The summed E-state index contributed by atoms with van der Waals surface area (Å²) in [5.41, 5.74) is 0.566. The Morgan fingerprint density at radius 2 is 2.17 bits per heavy atom. The van der Waals surface area contributed by atoms with Gasteiger partial charge in [0.05, 0.1) is 17.1 Å². The second kappa shape index (κ2) is 5.34. The van der Waals surface area contributed by atoms with Gasteiger partial charge in [-0.25, -0.2) is 4.90 Å². The summed E-state index contributed by atoms with van der Waals surface area (Å²) in [7, 11) is 1.80. The van der Waals surface area contributed by atoms with Crippen molar-refractivity contribution in [2.45, 2.75) is 39.8 Å². The fourth-order valence-electron chi connectivity index (χ4n) is 3.27. The molecule has 1 aliphatic heterocycles. The quantitative estimate of drug-likeness (QED) is 0.465. The minimum absolute atomic E-state index is 0.0446. The van der Waals surface area contributed by atoms with E-state index in [0.717, 1.165) is 11.3 Å². The van der Waals surface area contributed by atoms with Gasteiger partial charge in [-0.1, -0.05) is 25.2 Å². The predicted molar refractivity (Wildman–Crippen MR) is 86.8 cm³/mol. The van der Waals surface area contributed by atoms with Crippen LogP contribution in [0.1, 0.15) is 42.6 Å². The van der Waals surface area contributed by atoms with Crippen molar-refractivity contribution in [2.75, 3.05) is 20.3 Å². The van der Waals surface area contributed by atoms with Crippen molar-refractivity contribution in [3.8, 4) is 0 Å². The fourth-order valence-corrected chi connectivity index (χ4v) is 4.36. The minimum atomic E-state index is -0.840. The zero-order valence-corrected chi connectivity index (χ0v) is 14.6. The minimum Gasteiger partial charge on any atom is -0.622 e. The number of hydrogen-bond donors (Lipinski definition) is 0. The predicted octanol–water partition coefficient (Wildman–Crippen LogP) is 1.90. The molecule has 2 unspecified atom stereocenters. The smallest absolute Gasteiger partial charge is 0.307 e. The number of aromatic nitrogens is 1. The first-order chi connectivity index (χ1) is 10.6. The topological polar surface area (TPSA) is 82.6 Å². The van der Waals surface area contributed by atoms with Crippen LogP contribution in [0.3, 0.4) is 0 Å². The summed E-state index contributed by atoms with van der Waals surface area (Å²) in [6.07, 6.45) is 0.306. The number of fused-ring (bicyclic) bond motifs is 1. The molecule has 126 valence electrons. The first-order valence-corrected chi connectivity index (χ1v) is 8.40. The molecule has 1 saturated heterocycles. The number of hydrogen-bond acceptors (Lipinski definition) is 7. The van der Waals surface area contributed by atoms with Crippen LogP contribution in [0, 0.1) is 10.6 Å². The normalized spacial score (nSPS) is 30.3. The summed E-state index contributed by atoms with van der Waals surface area (Å²) >= 11 is 1.15. The number of carbonyl (C=O) groups excluding carboxylic acids is 2. The third kappa shape index (κ3) is 2.91. The Morgan fingerprint density at radius 3 is 2.83 bits per heavy atom. The van der Waals surface area contributed by atoms with Gasteiger partial charge < -0.3 is 9.94 Å². The first kappa shape index (κ1) is 16.5. The Kier molecular flexibility index (Phi) is 3.83. The third-order valence-corrected chi connectivity index (χ3v) is 5.49. The Labute approximate surface area is 139 Å². The van der Waals surface area contributed by atoms with Gasteiger partial charge in [0.25, 0.3) is 11.4 Å². The molecule has 1 fully saturated rings. The zero-order valence-electron chi connectivity index (χ0n) is 13.8. The van der Waals surface area contributed by atoms with Crippen LogP contribution in [-0.2, 0) is 16.0 Å². The summed E-state index contributed by atoms with van der Waals surface area (Å²) in [4.78, 5) is 30.5. The molecule has 0 N–H and O–H groups in total. The van der Waals surface area contributed by atoms with Gasteiger partial charge in [0.1, 0.15) is 6.67 Å². The highest BCUT2D eigenvalue weighted by molar-refractivity contribution is 7.17. The summed E-state index contributed by atoms with van der Waals surface area (Å²) in [5, 5.41) is 13.6. The largest absolute Gasteiger partial charge is 0.622 e. The lowest BCUT2D eigenvalue weighted by Crippen LogP contribution is -2.50. The number of ketones is 1. The molecule has 1 aromatic rings. The maximum Gasteiger partial charge on any atom is 0.307 e. The van der Waals surface area contributed by atoms with Gasteiger partial charge in [0.15, 0.2) is 5.78 Å². The second-order valence-electron chi connectivity index (χ2n) is 7.25. The molecule has 3 rings (SSSR count). The average Bonchev–Trinajstić information content (AvgIpc) is 2.90. The molecule has 1 aliphatic carbocycles. The molecule has 23 heavy (non-hydrogen) atoms.